The Morgan fingerprint density at radius 2 is 1.86 bits per heavy atom. The van der Waals surface area contributed by atoms with Crippen LogP contribution in [0.4, 0.5) is 0 Å². The van der Waals surface area contributed by atoms with Crippen molar-refractivity contribution < 1.29 is 0 Å². The summed E-state index contributed by atoms with van der Waals surface area (Å²) in [6.45, 7) is 7.35. The average molecular weight is 211 g/mol. The summed E-state index contributed by atoms with van der Waals surface area (Å²) in [5.74, 6) is 0. The molecule has 1 aliphatic heterocycles. The first kappa shape index (κ1) is 12.0. The molecule has 0 radical (unpaired) electrons. The zero-order valence-electron chi connectivity index (χ0n) is 9.84. The number of nitrogens with zero attached hydrogens (tertiary/aromatic N) is 1. The standard InChI is InChI=1S/C12H25NSi/c1-3-5-8-12-14(11-4-2)13-9-6-7-10-13/h8,12,14H,3-7,9-11H2,1-2H3. The van der Waals surface area contributed by atoms with Gasteiger partial charge in [-0.1, -0.05) is 38.5 Å². The first-order valence-electron chi connectivity index (χ1n) is 6.29. The van der Waals surface area contributed by atoms with Crippen molar-refractivity contribution in [3.8, 4) is 0 Å². The van der Waals surface area contributed by atoms with Crippen molar-refractivity contribution in [1.82, 2.24) is 4.57 Å². The normalized spacial score (nSPS) is 20.7. The van der Waals surface area contributed by atoms with Gasteiger partial charge in [0.15, 0.2) is 0 Å². The van der Waals surface area contributed by atoms with E-state index >= 15 is 0 Å². The predicted octanol–water partition coefficient (Wildman–Crippen LogP) is 3.11. The van der Waals surface area contributed by atoms with Crippen LogP contribution in [-0.2, 0) is 0 Å². The summed E-state index contributed by atoms with van der Waals surface area (Å²) in [4.78, 5) is 0. The minimum absolute atomic E-state index is 0.665. The van der Waals surface area contributed by atoms with Crippen LogP contribution in [0.3, 0.4) is 0 Å². The average Bonchev–Trinajstić information content (AvgIpc) is 2.70. The molecule has 1 aliphatic rings. The van der Waals surface area contributed by atoms with Gasteiger partial charge in [-0.25, -0.2) is 0 Å². The monoisotopic (exact) mass is 211 g/mol. The van der Waals surface area contributed by atoms with Crippen LogP contribution in [0.2, 0.25) is 6.04 Å². The molecular formula is C12H25NSi. The molecule has 1 nitrogen and oxygen atoms in total. The molecular weight excluding hydrogens is 186 g/mol. The van der Waals surface area contributed by atoms with Crippen LogP contribution in [0, 0.1) is 0 Å². The van der Waals surface area contributed by atoms with E-state index in [-0.39, 0.29) is 0 Å². The number of hydrogen-bond donors (Lipinski definition) is 0. The van der Waals surface area contributed by atoms with E-state index in [9.17, 15) is 0 Å². The molecule has 1 heterocycles. The van der Waals surface area contributed by atoms with Crippen molar-refractivity contribution in [2.45, 2.75) is 52.0 Å². The van der Waals surface area contributed by atoms with Gasteiger partial charge in [0.1, 0.15) is 8.96 Å². The molecule has 0 spiro atoms. The molecule has 0 aromatic carbocycles. The fraction of sp³-hybridized carbons (Fsp3) is 0.833. The van der Waals surface area contributed by atoms with E-state index in [4.69, 9.17) is 0 Å². The molecule has 14 heavy (non-hydrogen) atoms. The number of allylic oxidation sites excluding steroid dienone is 1. The van der Waals surface area contributed by atoms with Crippen molar-refractivity contribution in [3.05, 3.63) is 11.8 Å². The maximum absolute atomic E-state index is 2.79. The van der Waals surface area contributed by atoms with Gasteiger partial charge in [0.2, 0.25) is 0 Å². The number of rotatable bonds is 6. The van der Waals surface area contributed by atoms with E-state index < -0.39 is 8.96 Å². The van der Waals surface area contributed by atoms with Crippen molar-refractivity contribution in [3.63, 3.8) is 0 Å². The van der Waals surface area contributed by atoms with E-state index in [1.54, 1.807) is 0 Å². The lowest BCUT2D eigenvalue weighted by atomic mass is 10.3. The van der Waals surface area contributed by atoms with E-state index in [1.165, 1.54) is 51.2 Å². The lowest BCUT2D eigenvalue weighted by molar-refractivity contribution is 0.537. The van der Waals surface area contributed by atoms with E-state index in [0.29, 0.717) is 0 Å². The number of unbranched alkanes of at least 4 members (excludes halogenated alkanes) is 1. The zero-order chi connectivity index (χ0) is 10.2. The fourth-order valence-corrected chi connectivity index (χ4v) is 5.12. The van der Waals surface area contributed by atoms with Crippen LogP contribution in [0.15, 0.2) is 11.8 Å². The van der Waals surface area contributed by atoms with E-state index in [2.05, 4.69) is 30.2 Å². The molecule has 0 aromatic rings. The topological polar surface area (TPSA) is 3.24 Å². The lowest BCUT2D eigenvalue weighted by Crippen LogP contribution is -2.35. The Labute approximate surface area is 90.9 Å². The second-order valence-electron chi connectivity index (χ2n) is 4.32. The predicted molar refractivity (Wildman–Crippen MR) is 67.1 cm³/mol. The third kappa shape index (κ3) is 3.97. The molecule has 2 heteroatoms. The largest absolute Gasteiger partial charge is 0.323 e. The second kappa shape index (κ2) is 7.24. The van der Waals surface area contributed by atoms with Crippen molar-refractivity contribution >= 4 is 8.96 Å². The van der Waals surface area contributed by atoms with Crippen molar-refractivity contribution in [1.29, 1.82) is 0 Å². The molecule has 0 saturated carbocycles. The Kier molecular flexibility index (Phi) is 6.20. The molecule has 82 valence electrons. The first-order valence-corrected chi connectivity index (χ1v) is 8.29. The Balaban J connectivity index is 2.36. The summed E-state index contributed by atoms with van der Waals surface area (Å²) in [7, 11) is -0.665. The highest BCUT2D eigenvalue weighted by Crippen LogP contribution is 2.14. The van der Waals surface area contributed by atoms with Gasteiger partial charge >= 0.3 is 0 Å². The molecule has 0 N–H and O–H groups in total. The van der Waals surface area contributed by atoms with Gasteiger partial charge in [-0.15, -0.1) is 0 Å². The summed E-state index contributed by atoms with van der Waals surface area (Å²) in [5, 5.41) is 0. The van der Waals surface area contributed by atoms with Crippen LogP contribution in [0.25, 0.3) is 0 Å². The van der Waals surface area contributed by atoms with Gasteiger partial charge in [-0.2, -0.15) is 0 Å². The maximum atomic E-state index is 2.79. The highest BCUT2D eigenvalue weighted by atomic mass is 28.3. The summed E-state index contributed by atoms with van der Waals surface area (Å²) in [6, 6.07) is 1.47. The van der Waals surface area contributed by atoms with Crippen LogP contribution < -0.4 is 0 Å². The highest BCUT2D eigenvalue weighted by molar-refractivity contribution is 6.61. The van der Waals surface area contributed by atoms with Gasteiger partial charge in [-0.05, 0) is 38.4 Å². The Morgan fingerprint density at radius 1 is 1.14 bits per heavy atom. The summed E-state index contributed by atoms with van der Waals surface area (Å²) >= 11 is 0. The Bertz CT molecular complexity index is 162. The SMILES string of the molecule is CCCC=C[SiH](CCC)N1CCCC1. The van der Waals surface area contributed by atoms with E-state index in [1.807, 2.05) is 0 Å². The van der Waals surface area contributed by atoms with Crippen molar-refractivity contribution in [2.75, 3.05) is 13.1 Å². The van der Waals surface area contributed by atoms with Crippen LogP contribution in [0.1, 0.15) is 46.0 Å². The highest BCUT2D eigenvalue weighted by Gasteiger charge is 2.19. The minimum atomic E-state index is -0.665. The number of hydrogen-bond acceptors (Lipinski definition) is 1. The van der Waals surface area contributed by atoms with Crippen LogP contribution >= 0.6 is 0 Å². The van der Waals surface area contributed by atoms with Crippen LogP contribution in [0.5, 0.6) is 0 Å². The second-order valence-corrected chi connectivity index (χ2v) is 7.14. The lowest BCUT2D eigenvalue weighted by Gasteiger charge is -2.22. The molecule has 1 atom stereocenters. The molecule has 1 rings (SSSR count). The third-order valence-corrected chi connectivity index (χ3v) is 6.35. The van der Waals surface area contributed by atoms with Gasteiger partial charge < -0.3 is 4.57 Å². The van der Waals surface area contributed by atoms with Gasteiger partial charge in [0, 0.05) is 0 Å². The molecule has 1 unspecified atom stereocenters. The molecule has 0 aromatic heterocycles. The fourth-order valence-electron chi connectivity index (χ4n) is 2.19. The Morgan fingerprint density at radius 3 is 2.43 bits per heavy atom. The smallest absolute Gasteiger partial charge is 0.136 e. The van der Waals surface area contributed by atoms with Gasteiger partial charge in [-0.3, -0.25) is 0 Å². The first-order chi connectivity index (χ1) is 6.88. The zero-order valence-corrected chi connectivity index (χ0v) is 11.0. The Hall–Kier alpha value is -0.0831. The van der Waals surface area contributed by atoms with Gasteiger partial charge in [0.05, 0.1) is 0 Å². The quantitative estimate of drug-likeness (QED) is 0.610. The molecule has 1 fully saturated rings. The molecule has 1 saturated heterocycles. The van der Waals surface area contributed by atoms with Gasteiger partial charge in [0.25, 0.3) is 0 Å². The van der Waals surface area contributed by atoms with Crippen molar-refractivity contribution in [2.24, 2.45) is 0 Å². The summed E-state index contributed by atoms with van der Waals surface area (Å²) < 4.78 is 2.79. The summed E-state index contributed by atoms with van der Waals surface area (Å²) in [6.07, 6.45) is 9.25. The molecule has 0 bridgehead atoms. The molecule has 0 amide bonds. The maximum Gasteiger partial charge on any atom is 0.136 e. The third-order valence-electron chi connectivity index (χ3n) is 3.01. The summed E-state index contributed by atoms with van der Waals surface area (Å²) in [5.41, 5.74) is 2.58. The van der Waals surface area contributed by atoms with Crippen LogP contribution in [-0.4, -0.2) is 26.6 Å². The minimum Gasteiger partial charge on any atom is -0.323 e. The molecule has 0 aliphatic carbocycles. The van der Waals surface area contributed by atoms with E-state index in [0.717, 1.165) is 0 Å².